The van der Waals surface area contributed by atoms with E-state index in [-0.39, 0.29) is 33.6 Å². The molecule has 2 aromatic heterocycles. The van der Waals surface area contributed by atoms with Gasteiger partial charge in [-0.25, -0.2) is 53.5 Å². The van der Waals surface area contributed by atoms with Gasteiger partial charge in [0, 0.05) is 32.2 Å². The number of halogens is 5. The molecule has 56 heavy (non-hydrogen) atoms. The van der Waals surface area contributed by atoms with Crippen molar-refractivity contribution in [2.75, 3.05) is 9.44 Å². The fraction of sp³-hybridized carbons (Fsp3) is 0.0270. The van der Waals surface area contributed by atoms with E-state index in [1.807, 2.05) is 18.2 Å². The molecule has 0 aliphatic carbocycles. The first-order valence-electron chi connectivity index (χ1n) is 15.4. The van der Waals surface area contributed by atoms with Gasteiger partial charge in [-0.05, 0) is 105 Å². The minimum atomic E-state index is -4.07. The van der Waals surface area contributed by atoms with Crippen molar-refractivity contribution in [3.05, 3.63) is 160 Å². The summed E-state index contributed by atoms with van der Waals surface area (Å²) in [7, 11) is -11.8. The van der Waals surface area contributed by atoms with E-state index >= 15 is 0 Å². The third kappa shape index (κ3) is 11.1. The zero-order valence-electron chi connectivity index (χ0n) is 27.7. The van der Waals surface area contributed by atoms with Crippen LogP contribution in [0.4, 0.5) is 24.7 Å². The summed E-state index contributed by atoms with van der Waals surface area (Å²) in [6, 6.07) is 27.5. The standard InChI is InChI=1S/C21H15F2N3O4S2.C9H5Br2N.C6H6FNO2S.CH4/c22-14-5-9-16(10-6-14)31(27,28)25-20-13-24-21(19-4-2-1-3-18(19)20)26-32(29,30)17-11-7-15(23)8-12-17;10-8-5-12-9(11)7-4-2-1-3-6(7)8;7-5-1-3-6(4-2-5)11(8,9)10;/h1-13,25H,(H,24,26);1-5H;1-4H,(H2,8,9,10);1H4. The Morgan fingerprint density at radius 3 is 1.38 bits per heavy atom. The maximum absolute atomic E-state index is 13.1. The molecular weight excluding hydrogens is 923 g/mol. The first kappa shape index (κ1) is 43.8. The summed E-state index contributed by atoms with van der Waals surface area (Å²) in [4.78, 5) is 7.86. The second-order valence-electron chi connectivity index (χ2n) is 11.1. The minimum absolute atomic E-state index is 0. The summed E-state index contributed by atoms with van der Waals surface area (Å²) in [5.41, 5.74) is 0.106. The number of benzene rings is 5. The van der Waals surface area contributed by atoms with Gasteiger partial charge >= 0.3 is 0 Å². The van der Waals surface area contributed by atoms with E-state index < -0.39 is 47.5 Å². The van der Waals surface area contributed by atoms with Gasteiger partial charge in [-0.1, -0.05) is 56.0 Å². The number of rotatable bonds is 7. The van der Waals surface area contributed by atoms with Crippen molar-refractivity contribution < 1.29 is 38.4 Å². The van der Waals surface area contributed by atoms with E-state index in [9.17, 15) is 38.4 Å². The molecule has 0 unspecified atom stereocenters. The summed E-state index contributed by atoms with van der Waals surface area (Å²) >= 11 is 6.85. The van der Waals surface area contributed by atoms with E-state index in [4.69, 9.17) is 5.14 Å². The monoisotopic (exact) mass is 951 g/mol. The maximum Gasteiger partial charge on any atom is 0.263 e. The number of nitrogens with two attached hydrogens (primary N) is 1. The predicted octanol–water partition coefficient (Wildman–Crippen LogP) is 8.98. The van der Waals surface area contributed by atoms with Crippen LogP contribution in [0.1, 0.15) is 7.43 Å². The highest BCUT2D eigenvalue weighted by Gasteiger charge is 2.20. The third-order valence-corrected chi connectivity index (χ3v) is 12.3. The summed E-state index contributed by atoms with van der Waals surface area (Å²) in [5.74, 6) is -1.67. The lowest BCUT2D eigenvalue weighted by Crippen LogP contribution is -2.16. The summed E-state index contributed by atoms with van der Waals surface area (Å²) < 4.78 is 117. The molecule has 0 spiro atoms. The number of nitrogens with zero attached hydrogens (tertiary/aromatic N) is 2. The number of aromatic nitrogens is 2. The summed E-state index contributed by atoms with van der Waals surface area (Å²) in [6.45, 7) is 0. The van der Waals surface area contributed by atoms with Gasteiger partial charge in [0.25, 0.3) is 20.0 Å². The Hall–Kier alpha value is -4.92. The molecule has 2 heterocycles. The lowest BCUT2D eigenvalue weighted by molar-refractivity contribution is 0.595. The lowest BCUT2D eigenvalue weighted by Gasteiger charge is -2.14. The topological polar surface area (TPSA) is 178 Å². The van der Waals surface area contributed by atoms with Gasteiger partial charge in [-0.3, -0.25) is 9.44 Å². The molecule has 0 saturated heterocycles. The minimum Gasteiger partial charge on any atom is -0.277 e. The number of primary sulfonamides is 1. The molecule has 11 nitrogen and oxygen atoms in total. The highest BCUT2D eigenvalue weighted by atomic mass is 79.9. The highest BCUT2D eigenvalue weighted by molar-refractivity contribution is 9.11. The smallest absolute Gasteiger partial charge is 0.263 e. The molecule has 0 aliphatic rings. The van der Waals surface area contributed by atoms with E-state index in [0.717, 1.165) is 87.3 Å². The number of anilines is 2. The second-order valence-corrected chi connectivity index (χ2v) is 17.7. The highest BCUT2D eigenvalue weighted by Crippen LogP contribution is 2.31. The number of nitrogens with one attached hydrogen (secondary N) is 2. The fourth-order valence-corrected chi connectivity index (χ4v) is 8.23. The quantitative estimate of drug-likeness (QED) is 0.133. The molecule has 5 aromatic carbocycles. The first-order chi connectivity index (χ1) is 25.9. The normalized spacial score (nSPS) is 11.3. The Morgan fingerprint density at radius 1 is 0.500 bits per heavy atom. The molecule has 0 bridgehead atoms. The molecular formula is C37H30Br2F3N5O6S3. The van der Waals surface area contributed by atoms with Gasteiger partial charge in [0.2, 0.25) is 10.0 Å². The Bertz CT molecular complexity index is 2670. The maximum atomic E-state index is 13.1. The summed E-state index contributed by atoms with van der Waals surface area (Å²) in [6.07, 6.45) is 2.97. The molecule has 7 rings (SSSR count). The van der Waals surface area contributed by atoms with Crippen molar-refractivity contribution in [2.45, 2.75) is 22.1 Å². The van der Waals surface area contributed by atoms with Gasteiger partial charge in [0.15, 0.2) is 0 Å². The number of sulfonamides is 3. The molecule has 0 saturated carbocycles. The van der Waals surface area contributed by atoms with Gasteiger partial charge < -0.3 is 0 Å². The van der Waals surface area contributed by atoms with Crippen molar-refractivity contribution in [3.63, 3.8) is 0 Å². The van der Waals surface area contributed by atoms with Crippen molar-refractivity contribution in [1.82, 2.24) is 9.97 Å². The number of hydrogen-bond acceptors (Lipinski definition) is 8. The molecule has 0 fully saturated rings. The van der Waals surface area contributed by atoms with Crippen LogP contribution in [0, 0.1) is 17.5 Å². The predicted molar refractivity (Wildman–Crippen MR) is 218 cm³/mol. The zero-order chi connectivity index (χ0) is 40.0. The van der Waals surface area contributed by atoms with Crippen molar-refractivity contribution in [2.24, 2.45) is 5.14 Å². The van der Waals surface area contributed by atoms with Crippen LogP contribution in [0.5, 0.6) is 0 Å². The largest absolute Gasteiger partial charge is 0.277 e. The zero-order valence-corrected chi connectivity index (χ0v) is 33.4. The van der Waals surface area contributed by atoms with Crippen molar-refractivity contribution >= 4 is 95.0 Å². The molecule has 292 valence electrons. The third-order valence-electron chi connectivity index (χ3n) is 7.36. The van der Waals surface area contributed by atoms with Crippen LogP contribution in [-0.4, -0.2) is 35.2 Å². The molecule has 0 radical (unpaired) electrons. The van der Waals surface area contributed by atoms with Gasteiger partial charge in [-0.15, -0.1) is 0 Å². The number of fused-ring (bicyclic) bond motifs is 2. The van der Waals surface area contributed by atoms with Gasteiger partial charge in [-0.2, -0.15) is 0 Å². The van der Waals surface area contributed by atoms with Crippen molar-refractivity contribution in [1.29, 1.82) is 0 Å². The van der Waals surface area contributed by atoms with Crippen LogP contribution in [0.2, 0.25) is 0 Å². The van der Waals surface area contributed by atoms with E-state index in [2.05, 4.69) is 57.3 Å². The fourth-order valence-electron chi connectivity index (χ4n) is 4.72. The van der Waals surface area contributed by atoms with E-state index in [0.29, 0.717) is 10.8 Å². The van der Waals surface area contributed by atoms with Crippen LogP contribution in [-0.2, 0) is 30.1 Å². The lowest BCUT2D eigenvalue weighted by atomic mass is 10.1. The van der Waals surface area contributed by atoms with Crippen LogP contribution >= 0.6 is 31.9 Å². The van der Waals surface area contributed by atoms with Crippen LogP contribution < -0.4 is 14.6 Å². The van der Waals surface area contributed by atoms with Crippen LogP contribution in [0.25, 0.3) is 21.5 Å². The van der Waals surface area contributed by atoms with Gasteiger partial charge in [0.1, 0.15) is 27.9 Å². The molecule has 7 aromatic rings. The van der Waals surface area contributed by atoms with Crippen LogP contribution in [0.15, 0.2) is 157 Å². The molecule has 0 atom stereocenters. The van der Waals surface area contributed by atoms with Gasteiger partial charge in [0.05, 0.1) is 26.6 Å². The first-order valence-corrected chi connectivity index (χ1v) is 21.5. The SMILES string of the molecule is Brc1cnc(Br)c2ccccc12.C.NS(=O)(=O)c1ccc(F)cc1.O=S(=O)(Nc1cnc(NS(=O)(=O)c2ccc(F)cc2)c2ccccc12)c1ccc(F)cc1. The Morgan fingerprint density at radius 2 is 0.911 bits per heavy atom. The summed E-state index contributed by atoms with van der Waals surface area (Å²) in [5, 5.41) is 7.78. The number of pyridine rings is 2. The Balaban J connectivity index is 0.000000236. The Kier molecular flexibility index (Phi) is 14.4. The molecule has 0 amide bonds. The molecule has 19 heteroatoms. The van der Waals surface area contributed by atoms with E-state index in [1.54, 1.807) is 30.5 Å². The van der Waals surface area contributed by atoms with E-state index in [1.165, 1.54) is 11.6 Å². The Labute approximate surface area is 338 Å². The second kappa shape index (κ2) is 18.4. The molecule has 0 aliphatic heterocycles. The van der Waals surface area contributed by atoms with Crippen molar-refractivity contribution in [3.8, 4) is 0 Å². The van der Waals surface area contributed by atoms with Crippen LogP contribution in [0.3, 0.4) is 0 Å². The molecule has 4 N–H and O–H groups in total. The average molecular weight is 954 g/mol. The average Bonchev–Trinajstić information content (AvgIpc) is 3.15. The number of hydrogen-bond donors (Lipinski definition) is 3.